The van der Waals surface area contributed by atoms with Crippen LogP contribution in [-0.2, 0) is 26.3 Å². The molecule has 5 aromatic rings. The zero-order valence-electron chi connectivity index (χ0n) is 23.7. The zero-order valence-corrected chi connectivity index (χ0v) is 26.0. The Kier molecular flexibility index (Phi) is 7.80. The van der Waals surface area contributed by atoms with Gasteiger partial charge in [0.25, 0.3) is 10.1 Å². The quantitative estimate of drug-likeness (QED) is 0.167. The van der Waals surface area contributed by atoms with Gasteiger partial charge in [-0.15, -0.1) is 10.2 Å². The number of ether oxygens (including phenoxy) is 1. The molecular formula is C31H28Cl2N4O5S. The largest absolute Gasteiger partial charge is 0.496 e. The molecule has 1 atom stereocenters. The molecule has 6 rings (SSSR count). The van der Waals surface area contributed by atoms with Crippen molar-refractivity contribution in [2.24, 2.45) is 0 Å². The molecule has 9 nitrogen and oxygen atoms in total. The number of halogens is 2. The molecule has 0 bridgehead atoms. The molecule has 0 spiro atoms. The number of oxazole rings is 1. The molecule has 3 aromatic carbocycles. The molecule has 0 amide bonds. The zero-order chi connectivity index (χ0) is 30.4. The highest BCUT2D eigenvalue weighted by molar-refractivity contribution is 7.86. The smallest absolute Gasteiger partial charge is 0.297 e. The molecule has 2 aromatic heterocycles. The highest BCUT2D eigenvalue weighted by Crippen LogP contribution is 2.44. The highest BCUT2D eigenvalue weighted by atomic mass is 35.5. The van der Waals surface area contributed by atoms with Gasteiger partial charge in [-0.2, -0.15) is 8.42 Å². The van der Waals surface area contributed by atoms with Crippen molar-refractivity contribution in [3.05, 3.63) is 99.7 Å². The van der Waals surface area contributed by atoms with Crippen LogP contribution in [0.1, 0.15) is 35.7 Å². The van der Waals surface area contributed by atoms with Gasteiger partial charge in [-0.3, -0.25) is 4.18 Å². The number of nitrogens with zero attached hydrogens (tertiary/aromatic N) is 4. The number of hydrogen-bond donors (Lipinski definition) is 0. The molecule has 1 aliphatic heterocycles. The molecule has 0 saturated heterocycles. The average Bonchev–Trinajstić information content (AvgIpc) is 3.64. The lowest BCUT2D eigenvalue weighted by Crippen LogP contribution is -2.40. The van der Waals surface area contributed by atoms with Crippen molar-refractivity contribution < 1.29 is 21.8 Å². The minimum Gasteiger partial charge on any atom is -0.496 e. The number of hydrogen-bond acceptors (Lipinski definition) is 8. The summed E-state index contributed by atoms with van der Waals surface area (Å²) in [7, 11) is -2.48. The van der Waals surface area contributed by atoms with Crippen molar-refractivity contribution in [2.75, 3.05) is 13.7 Å². The second-order valence-electron chi connectivity index (χ2n) is 10.5. The van der Waals surface area contributed by atoms with Gasteiger partial charge in [0.05, 0.1) is 45.8 Å². The van der Waals surface area contributed by atoms with E-state index >= 15 is 0 Å². The minimum atomic E-state index is -4.07. The second-order valence-corrected chi connectivity index (χ2v) is 12.9. The maximum atomic E-state index is 13.3. The maximum Gasteiger partial charge on any atom is 0.297 e. The van der Waals surface area contributed by atoms with E-state index in [0.29, 0.717) is 58.5 Å². The fourth-order valence-electron chi connectivity index (χ4n) is 5.49. The number of aryl methyl sites for hydroxylation is 2. The Morgan fingerprint density at radius 2 is 1.79 bits per heavy atom. The number of rotatable bonds is 8. The van der Waals surface area contributed by atoms with Crippen LogP contribution in [0.15, 0.2) is 76.2 Å². The van der Waals surface area contributed by atoms with E-state index in [1.54, 1.807) is 44.5 Å². The van der Waals surface area contributed by atoms with E-state index in [9.17, 15) is 8.42 Å². The van der Waals surface area contributed by atoms with E-state index in [1.165, 1.54) is 12.1 Å². The van der Waals surface area contributed by atoms with Crippen LogP contribution < -0.4 is 4.74 Å². The minimum absolute atomic E-state index is 0.0782. The standard InChI is InChI=1S/C31H28Cl2N4O5S/c1-19-5-9-23(10-6-19)43(38,39)41-18-31(22-8-12-25(32)26(33)16-22)13-4-14-37-29(35-36-30(31)37)21-7-11-24(27(15-21)40-3)28-17-34-20(2)42-28/h5-12,15-17H,4,13-14,18H2,1-3H3. The van der Waals surface area contributed by atoms with Crippen LogP contribution in [-0.4, -0.2) is 41.9 Å². The number of fused-ring (bicyclic) bond motifs is 1. The van der Waals surface area contributed by atoms with Gasteiger partial charge in [-0.05, 0) is 61.7 Å². The van der Waals surface area contributed by atoms with Gasteiger partial charge in [-0.25, -0.2) is 4.98 Å². The predicted molar refractivity (Wildman–Crippen MR) is 163 cm³/mol. The van der Waals surface area contributed by atoms with Crippen molar-refractivity contribution in [1.82, 2.24) is 19.7 Å². The normalized spacial score (nSPS) is 16.7. The molecular weight excluding hydrogens is 611 g/mol. The lowest BCUT2D eigenvalue weighted by atomic mass is 9.74. The van der Waals surface area contributed by atoms with E-state index in [2.05, 4.69) is 15.2 Å². The molecule has 12 heteroatoms. The topological polar surface area (TPSA) is 109 Å². The van der Waals surface area contributed by atoms with Crippen molar-refractivity contribution in [2.45, 2.75) is 43.5 Å². The van der Waals surface area contributed by atoms with Gasteiger partial charge in [-0.1, -0.05) is 53.0 Å². The Morgan fingerprint density at radius 3 is 2.49 bits per heavy atom. The van der Waals surface area contributed by atoms with Gasteiger partial charge in [0.1, 0.15) is 11.6 Å². The predicted octanol–water partition coefficient (Wildman–Crippen LogP) is 7.02. The molecule has 0 aliphatic carbocycles. The molecule has 3 heterocycles. The highest BCUT2D eigenvalue weighted by Gasteiger charge is 2.44. The van der Waals surface area contributed by atoms with Crippen LogP contribution in [0.5, 0.6) is 5.75 Å². The molecule has 0 radical (unpaired) electrons. The van der Waals surface area contributed by atoms with Crippen molar-refractivity contribution >= 4 is 33.3 Å². The molecule has 43 heavy (non-hydrogen) atoms. The third-order valence-electron chi connectivity index (χ3n) is 7.75. The van der Waals surface area contributed by atoms with E-state index in [1.807, 2.05) is 35.8 Å². The number of aromatic nitrogens is 4. The van der Waals surface area contributed by atoms with Crippen molar-refractivity contribution in [3.63, 3.8) is 0 Å². The van der Waals surface area contributed by atoms with Gasteiger partial charge in [0.2, 0.25) is 0 Å². The summed E-state index contributed by atoms with van der Waals surface area (Å²) in [5, 5.41) is 9.95. The Hall–Kier alpha value is -3.70. The summed E-state index contributed by atoms with van der Waals surface area (Å²) in [6.07, 6.45) is 2.92. The first kappa shape index (κ1) is 29.4. The number of benzene rings is 3. The second kappa shape index (κ2) is 11.4. The lowest BCUT2D eigenvalue weighted by molar-refractivity contribution is 0.208. The van der Waals surface area contributed by atoms with Crippen LogP contribution >= 0.6 is 23.2 Å². The van der Waals surface area contributed by atoms with Crippen molar-refractivity contribution in [3.8, 4) is 28.5 Å². The summed E-state index contributed by atoms with van der Waals surface area (Å²) in [6.45, 7) is 4.09. The van der Waals surface area contributed by atoms with Gasteiger partial charge >= 0.3 is 0 Å². The summed E-state index contributed by atoms with van der Waals surface area (Å²) < 4.78 is 45.8. The Bertz CT molecular complexity index is 1920. The molecule has 222 valence electrons. The fourth-order valence-corrected chi connectivity index (χ4v) is 6.75. The SMILES string of the molecule is COc1cc(-c2nnc3n2CCCC3(COS(=O)(=O)c2ccc(C)cc2)c2ccc(Cl)c(Cl)c2)ccc1-c1cnc(C)o1. The molecule has 0 saturated carbocycles. The van der Waals surface area contributed by atoms with Gasteiger partial charge < -0.3 is 13.7 Å². The molecule has 1 aliphatic rings. The van der Waals surface area contributed by atoms with Crippen LogP contribution in [0.25, 0.3) is 22.7 Å². The van der Waals surface area contributed by atoms with E-state index in [-0.39, 0.29) is 11.5 Å². The molecule has 1 unspecified atom stereocenters. The lowest BCUT2D eigenvalue weighted by Gasteiger charge is -2.37. The summed E-state index contributed by atoms with van der Waals surface area (Å²) in [5.41, 5.74) is 2.23. The fraction of sp³-hybridized carbons (Fsp3) is 0.258. The van der Waals surface area contributed by atoms with E-state index in [4.69, 9.17) is 36.5 Å². The summed E-state index contributed by atoms with van der Waals surface area (Å²) in [5.74, 6) is 2.91. The first-order valence-corrected chi connectivity index (χ1v) is 15.7. The van der Waals surface area contributed by atoms with Gasteiger partial charge in [0, 0.05) is 19.0 Å². The Labute approximate surface area is 259 Å². The Morgan fingerprint density at radius 1 is 1.00 bits per heavy atom. The summed E-state index contributed by atoms with van der Waals surface area (Å²) in [6, 6.07) is 17.5. The molecule has 0 N–H and O–H groups in total. The third kappa shape index (κ3) is 5.44. The maximum absolute atomic E-state index is 13.3. The third-order valence-corrected chi connectivity index (χ3v) is 9.77. The first-order chi connectivity index (χ1) is 20.6. The van der Waals surface area contributed by atoms with Gasteiger partial charge in [0.15, 0.2) is 17.5 Å². The van der Waals surface area contributed by atoms with Crippen LogP contribution in [0.4, 0.5) is 0 Å². The van der Waals surface area contributed by atoms with Crippen LogP contribution in [0, 0.1) is 13.8 Å². The molecule has 0 fully saturated rings. The van der Waals surface area contributed by atoms with Crippen LogP contribution in [0.2, 0.25) is 10.0 Å². The summed E-state index contributed by atoms with van der Waals surface area (Å²) >= 11 is 12.7. The first-order valence-electron chi connectivity index (χ1n) is 13.6. The number of methoxy groups -OCH3 is 1. The monoisotopic (exact) mass is 638 g/mol. The van der Waals surface area contributed by atoms with E-state index < -0.39 is 15.5 Å². The Balaban J connectivity index is 1.43. The van der Waals surface area contributed by atoms with Crippen molar-refractivity contribution in [1.29, 1.82) is 0 Å². The average molecular weight is 640 g/mol. The van der Waals surface area contributed by atoms with E-state index in [0.717, 1.165) is 22.3 Å². The summed E-state index contributed by atoms with van der Waals surface area (Å²) in [4.78, 5) is 4.27. The van der Waals surface area contributed by atoms with Crippen LogP contribution in [0.3, 0.4) is 0 Å².